The lowest BCUT2D eigenvalue weighted by Gasteiger charge is -2.14. The van der Waals surface area contributed by atoms with Gasteiger partial charge in [-0.2, -0.15) is 0 Å². The summed E-state index contributed by atoms with van der Waals surface area (Å²) >= 11 is 29.2. The molecule has 1 atom stereocenters. The maximum absolute atomic E-state index is 11.0. The van der Waals surface area contributed by atoms with Gasteiger partial charge in [0, 0.05) is 11.6 Å². The van der Waals surface area contributed by atoms with Crippen molar-refractivity contribution in [3.8, 4) is 0 Å². The average Bonchev–Trinajstić information content (AvgIpc) is 2.30. The summed E-state index contributed by atoms with van der Waals surface area (Å²) in [5.74, 6) is -0.691. The Kier molecular flexibility index (Phi) is 5.42. The van der Waals surface area contributed by atoms with Crippen LogP contribution in [-0.2, 0) is 9.53 Å². The van der Waals surface area contributed by atoms with E-state index in [1.54, 1.807) is 0 Å². The van der Waals surface area contributed by atoms with Crippen molar-refractivity contribution in [3.05, 3.63) is 44.4 Å². The minimum absolute atomic E-state index is 0.0520. The number of hydrogen-bond acceptors (Lipinski definition) is 2. The third-order valence-corrected chi connectivity index (χ3v) is 3.85. The summed E-state index contributed by atoms with van der Waals surface area (Å²) in [5, 5.41) is 0.409. The smallest absolute Gasteiger partial charge is 0.331 e. The first kappa shape index (κ1) is 14.9. The van der Waals surface area contributed by atoms with Crippen molar-refractivity contribution in [2.75, 3.05) is 0 Å². The molecule has 7 heteroatoms. The number of carbonyl (C=O) groups is 1. The van der Waals surface area contributed by atoms with E-state index >= 15 is 0 Å². The highest BCUT2D eigenvalue weighted by Crippen LogP contribution is 2.42. The topological polar surface area (TPSA) is 26.3 Å². The first-order chi connectivity index (χ1) is 7.88. The van der Waals surface area contributed by atoms with E-state index in [0.29, 0.717) is 0 Å². The Labute approximate surface area is 123 Å². The molecule has 1 unspecified atom stereocenters. The maximum Gasteiger partial charge on any atom is 0.331 e. The predicted octanol–water partition coefficient (Wildman–Crippen LogP) is 5.27. The summed E-state index contributed by atoms with van der Waals surface area (Å²) in [5.41, 5.74) is -0.872. The molecule has 1 rings (SSSR count). The van der Waals surface area contributed by atoms with E-state index in [1.165, 1.54) is 6.07 Å². The molecule has 0 N–H and O–H groups in total. The minimum atomic E-state index is -1.12. The van der Waals surface area contributed by atoms with E-state index in [9.17, 15) is 4.79 Å². The number of rotatable bonds is 3. The average molecular weight is 334 g/mol. The zero-order valence-electron chi connectivity index (χ0n) is 8.15. The van der Waals surface area contributed by atoms with Crippen molar-refractivity contribution < 1.29 is 9.53 Å². The molecule has 0 saturated carbocycles. The molecule has 2 nitrogen and oxygen atoms in total. The highest BCUT2D eigenvalue weighted by atomic mass is 35.5. The Morgan fingerprint density at radius 1 is 1.24 bits per heavy atom. The molecule has 0 aliphatic heterocycles. The molecule has 0 radical (unpaired) electrons. The largest absolute Gasteiger partial charge is 0.438 e. The third-order valence-electron chi connectivity index (χ3n) is 1.76. The van der Waals surface area contributed by atoms with Crippen molar-refractivity contribution >= 4 is 64.0 Å². The van der Waals surface area contributed by atoms with Gasteiger partial charge in [0.05, 0.1) is 20.1 Å². The van der Waals surface area contributed by atoms with Crippen LogP contribution in [0.3, 0.4) is 0 Å². The van der Waals surface area contributed by atoms with E-state index in [0.717, 1.165) is 6.08 Å². The third kappa shape index (κ3) is 3.43. The zero-order chi connectivity index (χ0) is 13.2. The van der Waals surface area contributed by atoms with E-state index in [4.69, 9.17) is 62.7 Å². The Bertz CT molecular complexity index is 472. The van der Waals surface area contributed by atoms with Gasteiger partial charge in [-0.15, -0.1) is 0 Å². The lowest BCUT2D eigenvalue weighted by molar-refractivity contribution is -0.139. The quantitative estimate of drug-likeness (QED) is 0.248. The van der Waals surface area contributed by atoms with Gasteiger partial charge in [0.15, 0.2) is 0 Å². The highest BCUT2D eigenvalue weighted by molar-refractivity contribution is 6.52. The second kappa shape index (κ2) is 6.17. The van der Waals surface area contributed by atoms with Crippen LogP contribution in [0, 0.1) is 0 Å². The fourth-order valence-corrected chi connectivity index (χ4v) is 2.20. The Morgan fingerprint density at radius 3 is 2.35 bits per heavy atom. The molecule has 0 spiro atoms. The van der Waals surface area contributed by atoms with Crippen LogP contribution in [0.15, 0.2) is 18.7 Å². The lowest BCUT2D eigenvalue weighted by atomic mass is 10.2. The van der Waals surface area contributed by atoms with Gasteiger partial charge in [0.1, 0.15) is 0 Å². The first-order valence-corrected chi connectivity index (χ1v) is 6.13. The summed E-state index contributed by atoms with van der Waals surface area (Å²) in [6.07, 6.45) is 0.975. The Balaban J connectivity index is 3.14. The summed E-state index contributed by atoms with van der Waals surface area (Å²) in [7, 11) is 0. The van der Waals surface area contributed by atoms with Crippen molar-refractivity contribution in [3.63, 3.8) is 0 Å². The molecule has 0 fully saturated rings. The molecule has 0 amide bonds. The van der Waals surface area contributed by atoms with Crippen molar-refractivity contribution in [2.24, 2.45) is 0 Å². The number of hydrogen-bond donors (Lipinski definition) is 0. The molecule has 17 heavy (non-hydrogen) atoms. The number of alkyl halides is 1. The van der Waals surface area contributed by atoms with Gasteiger partial charge in [-0.1, -0.05) is 64.6 Å². The standard InChI is InChI=1S/C10H5Cl5O2/c1-2-6(16)17-10(15)4-3-5(11)8(13)9(14)7(4)12/h2-3,10H,1H2. The van der Waals surface area contributed by atoms with Crippen molar-refractivity contribution in [1.82, 2.24) is 0 Å². The molecule has 0 saturated heterocycles. The van der Waals surface area contributed by atoms with Crippen LogP contribution in [0.5, 0.6) is 0 Å². The number of carbonyl (C=O) groups excluding carboxylic acids is 1. The molecule has 1 aromatic rings. The SMILES string of the molecule is C=CC(=O)OC(Cl)c1cc(Cl)c(Cl)c(Cl)c1Cl. The van der Waals surface area contributed by atoms with Crippen LogP contribution >= 0.6 is 58.0 Å². The number of halogens is 5. The van der Waals surface area contributed by atoms with Crippen LogP contribution in [0.25, 0.3) is 0 Å². The fourth-order valence-electron chi connectivity index (χ4n) is 0.970. The van der Waals surface area contributed by atoms with Crippen molar-refractivity contribution in [2.45, 2.75) is 5.56 Å². The second-order valence-electron chi connectivity index (χ2n) is 2.85. The highest BCUT2D eigenvalue weighted by Gasteiger charge is 2.20. The molecule has 0 aliphatic carbocycles. The normalized spacial score (nSPS) is 12.1. The summed E-state index contributed by atoms with van der Waals surface area (Å²) < 4.78 is 4.78. The van der Waals surface area contributed by atoms with E-state index in [1.807, 2.05) is 0 Å². The number of ether oxygens (including phenoxy) is 1. The predicted molar refractivity (Wildman–Crippen MR) is 71.4 cm³/mol. The van der Waals surface area contributed by atoms with Crippen LogP contribution in [0.1, 0.15) is 11.1 Å². The molecule has 0 aliphatic rings. The number of benzene rings is 1. The van der Waals surface area contributed by atoms with E-state index < -0.39 is 11.5 Å². The molecule has 0 heterocycles. The maximum atomic E-state index is 11.0. The minimum Gasteiger partial charge on any atom is -0.438 e. The van der Waals surface area contributed by atoms with Crippen LogP contribution < -0.4 is 0 Å². The van der Waals surface area contributed by atoms with E-state index in [2.05, 4.69) is 6.58 Å². The molecule has 1 aromatic carbocycles. The van der Waals surface area contributed by atoms with Crippen molar-refractivity contribution in [1.29, 1.82) is 0 Å². The van der Waals surface area contributed by atoms with Gasteiger partial charge in [-0.25, -0.2) is 4.79 Å². The van der Waals surface area contributed by atoms with Gasteiger partial charge in [-0.3, -0.25) is 0 Å². The Morgan fingerprint density at radius 2 is 1.82 bits per heavy atom. The summed E-state index contributed by atoms with van der Waals surface area (Å²) in [4.78, 5) is 11.0. The first-order valence-electron chi connectivity index (χ1n) is 4.18. The van der Waals surface area contributed by atoms with Gasteiger partial charge in [0.2, 0.25) is 5.56 Å². The summed E-state index contributed by atoms with van der Waals surface area (Å²) in [6.45, 7) is 3.24. The second-order valence-corrected chi connectivity index (χ2v) is 4.78. The Hall–Kier alpha value is -0.120. The van der Waals surface area contributed by atoms with Crippen LogP contribution in [0.4, 0.5) is 0 Å². The lowest BCUT2D eigenvalue weighted by Crippen LogP contribution is -2.04. The van der Waals surface area contributed by atoms with E-state index in [-0.39, 0.29) is 25.7 Å². The fraction of sp³-hybridized carbons (Fsp3) is 0.100. The van der Waals surface area contributed by atoms with Crippen LogP contribution in [-0.4, -0.2) is 5.97 Å². The number of esters is 1. The summed E-state index contributed by atoms with van der Waals surface area (Å²) in [6, 6.07) is 1.38. The van der Waals surface area contributed by atoms with Gasteiger partial charge < -0.3 is 4.74 Å². The zero-order valence-corrected chi connectivity index (χ0v) is 11.9. The molecular weight excluding hydrogens is 329 g/mol. The molecule has 0 bridgehead atoms. The van der Waals surface area contributed by atoms with Gasteiger partial charge in [0.25, 0.3) is 0 Å². The van der Waals surface area contributed by atoms with Crippen LogP contribution in [0.2, 0.25) is 20.1 Å². The van der Waals surface area contributed by atoms with Gasteiger partial charge >= 0.3 is 5.97 Å². The monoisotopic (exact) mass is 332 g/mol. The van der Waals surface area contributed by atoms with Gasteiger partial charge in [-0.05, 0) is 6.07 Å². The molecule has 0 aromatic heterocycles. The molecular formula is C10H5Cl5O2. The molecule has 92 valence electrons.